The van der Waals surface area contributed by atoms with Gasteiger partial charge in [0.15, 0.2) is 22.4 Å². The van der Waals surface area contributed by atoms with Gasteiger partial charge in [0, 0.05) is 26.0 Å². The fourth-order valence-electron chi connectivity index (χ4n) is 4.24. The van der Waals surface area contributed by atoms with Gasteiger partial charge in [-0.3, -0.25) is 4.79 Å². The molecule has 2 aliphatic rings. The predicted octanol–water partition coefficient (Wildman–Crippen LogP) is 4.28. The van der Waals surface area contributed by atoms with Crippen molar-refractivity contribution in [2.75, 3.05) is 18.6 Å². The van der Waals surface area contributed by atoms with E-state index in [4.69, 9.17) is 14.7 Å². The average molecular weight is 423 g/mol. The topological polar surface area (TPSA) is 68.2 Å². The molecule has 30 heavy (non-hydrogen) atoms. The van der Waals surface area contributed by atoms with Crippen LogP contribution in [0.2, 0.25) is 0 Å². The van der Waals surface area contributed by atoms with Gasteiger partial charge in [-0.25, -0.2) is 9.97 Å². The molecule has 0 bridgehead atoms. The quantitative estimate of drug-likeness (QED) is 0.540. The molecule has 1 saturated heterocycles. The summed E-state index contributed by atoms with van der Waals surface area (Å²) in [5.41, 5.74) is 3.08. The third kappa shape index (κ3) is 3.96. The molecule has 0 N–H and O–H groups in total. The zero-order valence-electron chi connectivity index (χ0n) is 17.2. The highest BCUT2D eigenvalue weighted by Crippen LogP contribution is 2.44. The second-order valence-electron chi connectivity index (χ2n) is 8.18. The number of ether oxygens (including phenoxy) is 1. The summed E-state index contributed by atoms with van der Waals surface area (Å²) in [5.74, 6) is 1.52. The van der Waals surface area contributed by atoms with Crippen molar-refractivity contribution in [3.8, 4) is 0 Å². The Bertz CT molecular complexity index is 1050. The molecule has 3 aromatic rings. The number of benzene rings is 1. The number of fused-ring (bicyclic) bond motifs is 1. The first-order valence-electron chi connectivity index (χ1n) is 10.7. The minimum Gasteiger partial charge on any atom is -0.377 e. The summed E-state index contributed by atoms with van der Waals surface area (Å²) >= 11 is 1.65. The number of methoxy groups -OCH3 is 1. The number of carbonyl (C=O) groups excluding carboxylic acids is 1. The van der Waals surface area contributed by atoms with Gasteiger partial charge >= 0.3 is 0 Å². The van der Waals surface area contributed by atoms with Gasteiger partial charge in [0.2, 0.25) is 0 Å². The average Bonchev–Trinajstić information content (AvgIpc) is 3.33. The minimum absolute atomic E-state index is 0.0787. The number of thiazole rings is 1. The number of rotatable bonds is 8. The summed E-state index contributed by atoms with van der Waals surface area (Å²) in [5, 5.41) is 0.909. The van der Waals surface area contributed by atoms with E-state index in [0.29, 0.717) is 30.6 Å². The zero-order chi connectivity index (χ0) is 20.5. The van der Waals surface area contributed by atoms with Crippen molar-refractivity contribution >= 4 is 32.6 Å². The van der Waals surface area contributed by atoms with E-state index in [1.807, 2.05) is 18.2 Å². The predicted molar refractivity (Wildman–Crippen MR) is 118 cm³/mol. The Balaban J connectivity index is 1.38. The molecule has 1 aliphatic heterocycles. The van der Waals surface area contributed by atoms with Gasteiger partial charge in [-0.1, -0.05) is 41.7 Å². The highest BCUT2D eigenvalue weighted by Gasteiger charge is 2.34. The highest BCUT2D eigenvalue weighted by atomic mass is 32.1. The van der Waals surface area contributed by atoms with Crippen molar-refractivity contribution in [3.05, 3.63) is 47.4 Å². The third-order valence-electron chi connectivity index (χ3n) is 5.93. The zero-order valence-corrected chi connectivity index (χ0v) is 18.0. The van der Waals surface area contributed by atoms with Crippen LogP contribution in [0.4, 0.5) is 5.13 Å². The van der Waals surface area contributed by atoms with Crippen LogP contribution in [-0.4, -0.2) is 40.4 Å². The maximum absolute atomic E-state index is 13.0. The van der Waals surface area contributed by atoms with Crippen LogP contribution in [0.3, 0.4) is 0 Å². The largest absolute Gasteiger partial charge is 0.377 e. The van der Waals surface area contributed by atoms with Gasteiger partial charge < -0.3 is 9.64 Å². The monoisotopic (exact) mass is 422 g/mol. The van der Waals surface area contributed by atoms with Crippen LogP contribution in [0.15, 0.2) is 30.3 Å². The molecule has 1 aromatic carbocycles. The Kier molecular flexibility index (Phi) is 5.48. The molecule has 1 saturated carbocycles. The van der Waals surface area contributed by atoms with Crippen molar-refractivity contribution in [2.45, 2.75) is 57.1 Å². The highest BCUT2D eigenvalue weighted by molar-refractivity contribution is 7.22. The first kappa shape index (κ1) is 19.6. The molecule has 3 heterocycles. The second-order valence-corrected chi connectivity index (χ2v) is 9.16. The number of carbonyl (C=O) groups is 1. The number of aromatic nitrogens is 3. The molecule has 0 unspecified atom stereocenters. The standard InChI is InChI=1S/C23H26N4O2S/c1-29-14-19-24-20(16-10-11-16)21-22(25-19)26-23(30-21)27-13-5-8-17(27)18(28)12-9-15-6-3-2-4-7-15/h2-4,6-7,16-17H,5,8-14H2,1H3/t17-/m1/s1. The van der Waals surface area contributed by atoms with E-state index in [2.05, 4.69) is 22.0 Å². The first-order chi connectivity index (χ1) is 14.7. The van der Waals surface area contributed by atoms with E-state index in [0.717, 1.165) is 47.0 Å². The van der Waals surface area contributed by atoms with Crippen LogP contribution in [0, 0.1) is 0 Å². The van der Waals surface area contributed by atoms with Crippen molar-refractivity contribution in [1.82, 2.24) is 15.0 Å². The molecule has 5 rings (SSSR count). The Morgan fingerprint density at radius 2 is 2.00 bits per heavy atom. The number of ketones is 1. The van der Waals surface area contributed by atoms with Gasteiger partial charge in [-0.05, 0) is 37.7 Å². The SMILES string of the molecule is COCc1nc(C2CC2)c2sc(N3CCC[C@@H]3C(=O)CCc3ccccc3)nc2n1. The fourth-order valence-corrected chi connectivity index (χ4v) is 5.39. The Morgan fingerprint density at radius 1 is 1.17 bits per heavy atom. The Labute approximate surface area is 180 Å². The second kappa shape index (κ2) is 8.40. The fraction of sp³-hybridized carbons (Fsp3) is 0.478. The van der Waals surface area contributed by atoms with Crippen molar-refractivity contribution in [2.24, 2.45) is 0 Å². The lowest BCUT2D eigenvalue weighted by Gasteiger charge is -2.22. The molecular formula is C23H26N4O2S. The number of anilines is 1. The summed E-state index contributed by atoms with van der Waals surface area (Å²) in [6, 6.07) is 10.2. The summed E-state index contributed by atoms with van der Waals surface area (Å²) in [4.78, 5) is 29.5. The van der Waals surface area contributed by atoms with Gasteiger partial charge in [-0.2, -0.15) is 4.98 Å². The molecular weight excluding hydrogens is 396 g/mol. The van der Waals surface area contributed by atoms with Crippen LogP contribution in [-0.2, 0) is 22.6 Å². The van der Waals surface area contributed by atoms with E-state index in [1.54, 1.807) is 18.4 Å². The third-order valence-corrected chi connectivity index (χ3v) is 7.03. The van der Waals surface area contributed by atoms with Gasteiger partial charge in [-0.15, -0.1) is 0 Å². The van der Waals surface area contributed by atoms with E-state index < -0.39 is 0 Å². The molecule has 2 aromatic heterocycles. The van der Waals surface area contributed by atoms with E-state index in [-0.39, 0.29) is 6.04 Å². The molecule has 0 spiro atoms. The molecule has 1 aliphatic carbocycles. The summed E-state index contributed by atoms with van der Waals surface area (Å²) in [6.07, 6.45) is 5.64. The minimum atomic E-state index is -0.0787. The lowest BCUT2D eigenvalue weighted by atomic mass is 10.0. The number of hydrogen-bond donors (Lipinski definition) is 0. The Morgan fingerprint density at radius 3 is 2.77 bits per heavy atom. The lowest BCUT2D eigenvalue weighted by Crippen LogP contribution is -2.36. The number of nitrogens with zero attached hydrogens (tertiary/aromatic N) is 4. The van der Waals surface area contributed by atoms with Crippen LogP contribution in [0.5, 0.6) is 0 Å². The van der Waals surface area contributed by atoms with Crippen LogP contribution < -0.4 is 4.90 Å². The summed E-state index contributed by atoms with van der Waals surface area (Å²) in [6.45, 7) is 1.27. The first-order valence-corrected chi connectivity index (χ1v) is 11.5. The molecule has 0 amide bonds. The maximum atomic E-state index is 13.0. The smallest absolute Gasteiger partial charge is 0.188 e. The summed E-state index contributed by atoms with van der Waals surface area (Å²) in [7, 11) is 1.66. The molecule has 6 nitrogen and oxygen atoms in total. The van der Waals surface area contributed by atoms with Crippen molar-refractivity contribution in [1.29, 1.82) is 0 Å². The normalized spacial score (nSPS) is 19.0. The summed E-state index contributed by atoms with van der Waals surface area (Å²) < 4.78 is 6.32. The van der Waals surface area contributed by atoms with Crippen molar-refractivity contribution < 1.29 is 9.53 Å². The maximum Gasteiger partial charge on any atom is 0.188 e. The van der Waals surface area contributed by atoms with Crippen LogP contribution in [0.1, 0.15) is 55.1 Å². The molecule has 1 atom stereocenters. The number of Topliss-reactive ketones (excluding diaryl/α,β-unsaturated/α-hetero) is 1. The number of hydrogen-bond acceptors (Lipinski definition) is 7. The van der Waals surface area contributed by atoms with E-state index >= 15 is 0 Å². The Hall–Kier alpha value is -2.38. The molecule has 156 valence electrons. The number of aryl methyl sites for hydroxylation is 1. The molecule has 0 radical (unpaired) electrons. The van der Waals surface area contributed by atoms with E-state index in [1.165, 1.54) is 18.4 Å². The van der Waals surface area contributed by atoms with Crippen LogP contribution in [0.25, 0.3) is 10.3 Å². The van der Waals surface area contributed by atoms with Crippen molar-refractivity contribution in [3.63, 3.8) is 0 Å². The molecule has 7 heteroatoms. The van der Waals surface area contributed by atoms with Crippen LogP contribution >= 0.6 is 11.3 Å². The van der Waals surface area contributed by atoms with Gasteiger partial charge in [0.1, 0.15) is 6.61 Å². The van der Waals surface area contributed by atoms with Gasteiger partial charge in [0.05, 0.1) is 16.4 Å². The lowest BCUT2D eigenvalue weighted by molar-refractivity contribution is -0.120. The molecule has 2 fully saturated rings. The van der Waals surface area contributed by atoms with E-state index in [9.17, 15) is 4.79 Å². The van der Waals surface area contributed by atoms with Gasteiger partial charge in [0.25, 0.3) is 0 Å².